The van der Waals surface area contributed by atoms with Crippen molar-refractivity contribution in [3.8, 4) is 0 Å². The number of hydrogen-bond donors (Lipinski definition) is 2. The molecule has 0 aliphatic carbocycles. The molecule has 0 spiro atoms. The third-order valence-corrected chi connectivity index (χ3v) is 4.22. The van der Waals surface area contributed by atoms with E-state index in [2.05, 4.69) is 22.8 Å². The summed E-state index contributed by atoms with van der Waals surface area (Å²) in [6.07, 6.45) is 2.05. The zero-order chi connectivity index (χ0) is 15.9. The normalized spacial score (nSPS) is 10.1. The van der Waals surface area contributed by atoms with Gasteiger partial charge in [-0.3, -0.25) is 10.1 Å². The second kappa shape index (κ2) is 7.96. The predicted molar refractivity (Wildman–Crippen MR) is 96.3 cm³/mol. The van der Waals surface area contributed by atoms with Crippen molar-refractivity contribution >= 4 is 35.0 Å². The van der Waals surface area contributed by atoms with Crippen molar-refractivity contribution < 1.29 is 4.79 Å². The second-order valence-electron chi connectivity index (χ2n) is 4.80. The lowest BCUT2D eigenvalue weighted by molar-refractivity contribution is 0.0976. The quantitative estimate of drug-likeness (QED) is 0.665. The number of thiocarbonyl (C=S) groups is 1. The molecule has 2 rings (SSSR count). The highest BCUT2D eigenvalue weighted by atomic mass is 32.2. The summed E-state index contributed by atoms with van der Waals surface area (Å²) < 4.78 is 0. The first kappa shape index (κ1) is 16.5. The van der Waals surface area contributed by atoms with E-state index in [1.54, 1.807) is 17.8 Å². The van der Waals surface area contributed by atoms with Gasteiger partial charge in [0.1, 0.15) is 0 Å². The van der Waals surface area contributed by atoms with Gasteiger partial charge in [0.2, 0.25) is 0 Å². The molecule has 0 aliphatic heterocycles. The number of amides is 1. The Hall–Kier alpha value is -1.85. The Balaban J connectivity index is 1.87. The predicted octanol–water partition coefficient (Wildman–Crippen LogP) is 3.52. The van der Waals surface area contributed by atoms with Crippen molar-refractivity contribution in [2.24, 2.45) is 0 Å². The molecule has 1 amide bonds. The molecule has 5 heteroatoms. The van der Waals surface area contributed by atoms with Crippen LogP contribution in [0.3, 0.4) is 0 Å². The summed E-state index contributed by atoms with van der Waals surface area (Å²) in [6, 6.07) is 15.7. The van der Waals surface area contributed by atoms with Gasteiger partial charge in [-0.25, -0.2) is 0 Å². The lowest BCUT2D eigenvalue weighted by Gasteiger charge is -2.11. The summed E-state index contributed by atoms with van der Waals surface area (Å²) >= 11 is 6.88. The van der Waals surface area contributed by atoms with E-state index in [0.717, 1.165) is 11.1 Å². The van der Waals surface area contributed by atoms with Crippen LogP contribution in [0.5, 0.6) is 0 Å². The number of thioether (sulfide) groups is 1. The van der Waals surface area contributed by atoms with Crippen molar-refractivity contribution in [3.63, 3.8) is 0 Å². The fraction of sp³-hybridized carbons (Fsp3) is 0.176. The van der Waals surface area contributed by atoms with Crippen LogP contribution in [0.25, 0.3) is 0 Å². The number of carbonyl (C=O) groups is 1. The molecular weight excluding hydrogens is 312 g/mol. The summed E-state index contributed by atoms with van der Waals surface area (Å²) in [7, 11) is 0. The molecule has 22 heavy (non-hydrogen) atoms. The molecule has 0 aliphatic rings. The highest BCUT2D eigenvalue weighted by Gasteiger charge is 2.09. The number of hydrogen-bond acceptors (Lipinski definition) is 3. The van der Waals surface area contributed by atoms with Crippen LogP contribution in [0.2, 0.25) is 0 Å². The van der Waals surface area contributed by atoms with E-state index >= 15 is 0 Å². The van der Waals surface area contributed by atoms with Gasteiger partial charge < -0.3 is 5.32 Å². The topological polar surface area (TPSA) is 41.1 Å². The molecule has 0 saturated carbocycles. The Kier molecular flexibility index (Phi) is 5.98. The summed E-state index contributed by atoms with van der Waals surface area (Å²) in [6.45, 7) is 2.49. The maximum absolute atomic E-state index is 12.1. The lowest BCUT2D eigenvalue weighted by Crippen LogP contribution is -2.39. The van der Waals surface area contributed by atoms with Crippen molar-refractivity contribution in [3.05, 3.63) is 65.2 Å². The van der Waals surface area contributed by atoms with Gasteiger partial charge in [0.25, 0.3) is 5.91 Å². The molecule has 114 valence electrons. The van der Waals surface area contributed by atoms with Crippen LogP contribution in [0, 0.1) is 6.92 Å². The molecule has 0 radical (unpaired) electrons. The molecule has 0 fully saturated rings. The molecule has 0 saturated heterocycles. The number of aryl methyl sites for hydroxylation is 1. The van der Waals surface area contributed by atoms with Crippen LogP contribution in [0.1, 0.15) is 21.5 Å². The Morgan fingerprint density at radius 1 is 1.14 bits per heavy atom. The van der Waals surface area contributed by atoms with Gasteiger partial charge in [-0.15, -0.1) is 11.8 Å². The first-order valence-corrected chi connectivity index (χ1v) is 8.51. The molecular formula is C17H18N2OS2. The Morgan fingerprint density at radius 3 is 2.45 bits per heavy atom. The van der Waals surface area contributed by atoms with Crippen molar-refractivity contribution in [2.45, 2.75) is 18.4 Å². The fourth-order valence-corrected chi connectivity index (χ4v) is 2.54. The smallest absolute Gasteiger partial charge is 0.257 e. The number of benzene rings is 2. The van der Waals surface area contributed by atoms with Crippen LogP contribution in [0.15, 0.2) is 53.4 Å². The standard InChI is InChI=1S/C17H18N2OS2/c1-12-5-3-4-6-15(12)16(20)19-17(21)18-11-13-7-9-14(22-2)10-8-13/h3-10H,11H2,1-2H3,(H2,18,19,20,21). The van der Waals surface area contributed by atoms with Gasteiger partial charge in [-0.2, -0.15) is 0 Å². The van der Waals surface area contributed by atoms with Gasteiger partial charge in [-0.1, -0.05) is 30.3 Å². The van der Waals surface area contributed by atoms with E-state index < -0.39 is 0 Å². The molecule has 0 bridgehead atoms. The first-order valence-electron chi connectivity index (χ1n) is 6.88. The third-order valence-electron chi connectivity index (χ3n) is 3.23. The molecule has 2 aromatic rings. The monoisotopic (exact) mass is 330 g/mol. The minimum atomic E-state index is -0.187. The molecule has 0 heterocycles. The molecule has 2 N–H and O–H groups in total. The Labute approximate surface area is 140 Å². The van der Waals surface area contributed by atoms with Gasteiger partial charge in [-0.05, 0) is 54.7 Å². The molecule has 0 atom stereocenters. The van der Waals surface area contributed by atoms with E-state index in [0.29, 0.717) is 17.2 Å². The summed E-state index contributed by atoms with van der Waals surface area (Å²) in [5.41, 5.74) is 2.68. The molecule has 3 nitrogen and oxygen atoms in total. The fourth-order valence-electron chi connectivity index (χ4n) is 1.97. The highest BCUT2D eigenvalue weighted by molar-refractivity contribution is 7.98. The highest BCUT2D eigenvalue weighted by Crippen LogP contribution is 2.14. The van der Waals surface area contributed by atoms with Crippen molar-refractivity contribution in [1.82, 2.24) is 10.6 Å². The van der Waals surface area contributed by atoms with E-state index in [4.69, 9.17) is 12.2 Å². The van der Waals surface area contributed by atoms with Crippen LogP contribution >= 0.6 is 24.0 Å². The minimum Gasteiger partial charge on any atom is -0.358 e. The summed E-state index contributed by atoms with van der Waals surface area (Å²) in [5, 5.41) is 6.09. The van der Waals surface area contributed by atoms with E-state index in [9.17, 15) is 4.79 Å². The first-order chi connectivity index (χ1) is 10.6. The van der Waals surface area contributed by atoms with Gasteiger partial charge in [0.05, 0.1) is 0 Å². The Morgan fingerprint density at radius 2 is 1.82 bits per heavy atom. The number of nitrogens with one attached hydrogen (secondary N) is 2. The van der Waals surface area contributed by atoms with Gasteiger partial charge in [0.15, 0.2) is 5.11 Å². The zero-order valence-electron chi connectivity index (χ0n) is 12.6. The van der Waals surface area contributed by atoms with Crippen molar-refractivity contribution in [1.29, 1.82) is 0 Å². The van der Waals surface area contributed by atoms with Crippen LogP contribution in [-0.4, -0.2) is 17.3 Å². The van der Waals surface area contributed by atoms with E-state index in [1.165, 1.54) is 4.90 Å². The van der Waals surface area contributed by atoms with Crippen LogP contribution in [0.4, 0.5) is 0 Å². The summed E-state index contributed by atoms with van der Waals surface area (Å²) in [5.74, 6) is -0.187. The Bertz CT molecular complexity index is 669. The molecule has 0 aromatic heterocycles. The SMILES string of the molecule is CSc1ccc(CNC(=S)NC(=O)c2ccccc2C)cc1. The summed E-state index contributed by atoms with van der Waals surface area (Å²) in [4.78, 5) is 13.4. The largest absolute Gasteiger partial charge is 0.358 e. The minimum absolute atomic E-state index is 0.187. The van der Waals surface area contributed by atoms with Gasteiger partial charge >= 0.3 is 0 Å². The third kappa shape index (κ3) is 4.58. The second-order valence-corrected chi connectivity index (χ2v) is 6.09. The zero-order valence-corrected chi connectivity index (χ0v) is 14.2. The maximum atomic E-state index is 12.1. The van der Waals surface area contributed by atoms with Gasteiger partial charge in [0, 0.05) is 17.0 Å². The average Bonchev–Trinajstić information content (AvgIpc) is 2.53. The average molecular weight is 330 g/mol. The van der Waals surface area contributed by atoms with Crippen LogP contribution in [-0.2, 0) is 6.54 Å². The molecule has 2 aromatic carbocycles. The van der Waals surface area contributed by atoms with Crippen molar-refractivity contribution in [2.75, 3.05) is 6.26 Å². The lowest BCUT2D eigenvalue weighted by atomic mass is 10.1. The van der Waals surface area contributed by atoms with E-state index in [1.807, 2.05) is 43.5 Å². The maximum Gasteiger partial charge on any atom is 0.257 e. The number of carbonyl (C=O) groups excluding carboxylic acids is 1. The van der Waals surface area contributed by atoms with E-state index in [-0.39, 0.29) is 5.91 Å². The number of rotatable bonds is 4. The molecule has 0 unspecified atom stereocenters. The van der Waals surface area contributed by atoms with Crippen LogP contribution < -0.4 is 10.6 Å².